The SMILES string of the molecule is C=C/C(=C\c1c(C)oc2c1ccc1c3cc(-c4ccc(-c5ccc6ccccc6c5)cc4)ccc3oc12)c1ccc(-c2ccc3ccccc3c2)cc1. The van der Waals surface area contributed by atoms with Gasteiger partial charge in [0.15, 0.2) is 11.2 Å². The Hall–Kier alpha value is -6.90. The summed E-state index contributed by atoms with van der Waals surface area (Å²) in [5.74, 6) is 0.840. The quantitative estimate of drug-likeness (QED) is 0.164. The van der Waals surface area contributed by atoms with E-state index in [4.69, 9.17) is 8.83 Å². The molecule has 0 aliphatic rings. The molecule has 0 aliphatic carbocycles. The Balaban J connectivity index is 0.969. The summed E-state index contributed by atoms with van der Waals surface area (Å²) in [6.07, 6.45) is 4.09. The van der Waals surface area contributed by atoms with Gasteiger partial charge >= 0.3 is 0 Å². The van der Waals surface area contributed by atoms with E-state index in [9.17, 15) is 0 Å². The zero-order valence-corrected chi connectivity index (χ0v) is 29.3. The maximum Gasteiger partial charge on any atom is 0.178 e. The minimum Gasteiger partial charge on any atom is -0.457 e. The third kappa shape index (κ3) is 5.35. The molecule has 10 aromatic rings. The monoisotopic (exact) mass is 678 g/mol. The van der Waals surface area contributed by atoms with Crippen molar-refractivity contribution in [1.82, 2.24) is 0 Å². The van der Waals surface area contributed by atoms with E-state index in [1.54, 1.807) is 0 Å². The van der Waals surface area contributed by atoms with Crippen molar-refractivity contribution in [2.45, 2.75) is 6.92 Å². The first-order valence-electron chi connectivity index (χ1n) is 18.0. The molecule has 10 rings (SSSR count). The lowest BCUT2D eigenvalue weighted by molar-refractivity contribution is 0.568. The van der Waals surface area contributed by atoms with Gasteiger partial charge in [-0.25, -0.2) is 0 Å². The lowest BCUT2D eigenvalue weighted by atomic mass is 9.96. The predicted molar refractivity (Wildman–Crippen MR) is 224 cm³/mol. The van der Waals surface area contributed by atoms with Gasteiger partial charge in [0.1, 0.15) is 11.3 Å². The number of hydrogen-bond donors (Lipinski definition) is 0. The molecule has 0 aliphatic heterocycles. The Morgan fingerprint density at radius 1 is 0.453 bits per heavy atom. The van der Waals surface area contributed by atoms with E-state index >= 15 is 0 Å². The van der Waals surface area contributed by atoms with E-state index in [0.717, 1.165) is 66.5 Å². The molecule has 0 bridgehead atoms. The van der Waals surface area contributed by atoms with Crippen LogP contribution in [0.15, 0.2) is 185 Å². The molecule has 2 nitrogen and oxygen atoms in total. The second kappa shape index (κ2) is 12.4. The van der Waals surface area contributed by atoms with Gasteiger partial charge in [0, 0.05) is 21.7 Å². The zero-order valence-electron chi connectivity index (χ0n) is 29.3. The molecule has 0 fully saturated rings. The van der Waals surface area contributed by atoms with Gasteiger partial charge in [-0.05, 0) is 115 Å². The first kappa shape index (κ1) is 30.9. The molecule has 2 heteroatoms. The molecular formula is C51H34O2. The summed E-state index contributed by atoms with van der Waals surface area (Å²) in [5.41, 5.74) is 12.6. The summed E-state index contributed by atoms with van der Waals surface area (Å²) in [5, 5.41) is 8.12. The van der Waals surface area contributed by atoms with Crippen molar-refractivity contribution in [1.29, 1.82) is 0 Å². The summed E-state index contributed by atoms with van der Waals surface area (Å²) in [6, 6.07) is 58.5. The summed E-state index contributed by atoms with van der Waals surface area (Å²) < 4.78 is 13.0. The van der Waals surface area contributed by atoms with Crippen LogP contribution in [0.5, 0.6) is 0 Å². The van der Waals surface area contributed by atoms with Gasteiger partial charge in [0.2, 0.25) is 0 Å². The van der Waals surface area contributed by atoms with Crippen LogP contribution in [0.25, 0.3) is 99.5 Å². The predicted octanol–water partition coefficient (Wildman–Crippen LogP) is 14.7. The largest absolute Gasteiger partial charge is 0.457 e. The Morgan fingerprint density at radius 2 is 0.943 bits per heavy atom. The van der Waals surface area contributed by atoms with E-state index < -0.39 is 0 Å². The van der Waals surface area contributed by atoms with Gasteiger partial charge in [-0.15, -0.1) is 0 Å². The molecule has 8 aromatic carbocycles. The van der Waals surface area contributed by atoms with Crippen molar-refractivity contribution in [2.75, 3.05) is 0 Å². The zero-order chi connectivity index (χ0) is 35.5. The van der Waals surface area contributed by atoms with Crippen LogP contribution in [-0.4, -0.2) is 0 Å². The lowest BCUT2D eigenvalue weighted by Gasteiger charge is -2.07. The molecule has 53 heavy (non-hydrogen) atoms. The highest BCUT2D eigenvalue weighted by atomic mass is 16.4. The van der Waals surface area contributed by atoms with Gasteiger partial charge < -0.3 is 8.83 Å². The van der Waals surface area contributed by atoms with Crippen molar-refractivity contribution in [3.05, 3.63) is 193 Å². The number of benzene rings is 8. The minimum atomic E-state index is 0.763. The highest BCUT2D eigenvalue weighted by Gasteiger charge is 2.18. The van der Waals surface area contributed by atoms with E-state index in [0.29, 0.717) is 0 Å². The minimum absolute atomic E-state index is 0.763. The Bertz CT molecular complexity index is 3060. The van der Waals surface area contributed by atoms with E-state index in [1.807, 2.05) is 13.0 Å². The van der Waals surface area contributed by atoms with Gasteiger partial charge in [-0.3, -0.25) is 0 Å². The van der Waals surface area contributed by atoms with E-state index in [-0.39, 0.29) is 0 Å². The van der Waals surface area contributed by atoms with Crippen LogP contribution in [0.4, 0.5) is 0 Å². The summed E-state index contributed by atoms with van der Waals surface area (Å²) in [7, 11) is 0. The van der Waals surface area contributed by atoms with Crippen molar-refractivity contribution in [3.63, 3.8) is 0 Å². The number of aryl methyl sites for hydroxylation is 1. The van der Waals surface area contributed by atoms with Crippen molar-refractivity contribution >= 4 is 66.1 Å². The molecule has 0 atom stereocenters. The summed E-state index contributed by atoms with van der Waals surface area (Å²) >= 11 is 0. The molecule has 0 saturated heterocycles. The van der Waals surface area contributed by atoms with Crippen LogP contribution in [0.3, 0.4) is 0 Å². The lowest BCUT2D eigenvalue weighted by Crippen LogP contribution is -1.84. The standard InChI is InChI=1S/C51H34O2/c1-3-33(36-12-14-37(15-13-36)42-22-20-34-8-4-6-10-40(34)28-42)30-47-32(2)52-50-45(47)25-26-46-48-31-44(24-27-49(48)53-51(46)50)39-18-16-38(17-19-39)43-23-21-35-9-5-7-11-41(35)29-43/h3-31H,1H2,2H3/b33-30+. The maximum atomic E-state index is 6.50. The molecule has 250 valence electrons. The molecule has 2 aromatic heterocycles. The topological polar surface area (TPSA) is 26.3 Å². The maximum absolute atomic E-state index is 6.50. The van der Waals surface area contributed by atoms with E-state index in [1.165, 1.54) is 43.8 Å². The highest BCUT2D eigenvalue weighted by Crippen LogP contribution is 2.40. The number of hydrogen-bond acceptors (Lipinski definition) is 2. The fourth-order valence-electron chi connectivity index (χ4n) is 7.75. The fourth-order valence-corrected chi connectivity index (χ4v) is 7.75. The second-order valence-electron chi connectivity index (χ2n) is 13.8. The third-order valence-electron chi connectivity index (χ3n) is 10.6. The average Bonchev–Trinajstić information content (AvgIpc) is 3.75. The molecule has 0 amide bonds. The van der Waals surface area contributed by atoms with Crippen molar-refractivity contribution < 1.29 is 8.83 Å². The van der Waals surface area contributed by atoms with Gasteiger partial charge in [-0.2, -0.15) is 0 Å². The number of furan rings is 2. The Kier molecular flexibility index (Phi) is 7.23. The molecule has 2 heterocycles. The van der Waals surface area contributed by atoms with Crippen LogP contribution < -0.4 is 0 Å². The van der Waals surface area contributed by atoms with Gasteiger partial charge in [0.05, 0.1) is 0 Å². The Morgan fingerprint density at radius 3 is 1.55 bits per heavy atom. The van der Waals surface area contributed by atoms with Crippen LogP contribution in [-0.2, 0) is 0 Å². The smallest absolute Gasteiger partial charge is 0.178 e. The summed E-state index contributed by atoms with van der Waals surface area (Å²) in [6.45, 7) is 6.19. The molecule has 0 saturated carbocycles. The molecule has 0 N–H and O–H groups in total. The van der Waals surface area contributed by atoms with Gasteiger partial charge in [-0.1, -0.05) is 140 Å². The molecular weight excluding hydrogens is 645 g/mol. The van der Waals surface area contributed by atoms with Crippen molar-refractivity contribution in [2.24, 2.45) is 0 Å². The highest BCUT2D eigenvalue weighted by molar-refractivity contribution is 6.15. The van der Waals surface area contributed by atoms with Crippen LogP contribution in [0.2, 0.25) is 0 Å². The third-order valence-corrected chi connectivity index (χ3v) is 10.6. The number of rotatable bonds is 6. The van der Waals surface area contributed by atoms with Crippen LogP contribution in [0.1, 0.15) is 16.9 Å². The second-order valence-corrected chi connectivity index (χ2v) is 13.8. The first-order valence-corrected chi connectivity index (χ1v) is 18.0. The van der Waals surface area contributed by atoms with Crippen LogP contribution >= 0.6 is 0 Å². The Labute approximate surface area is 307 Å². The van der Waals surface area contributed by atoms with E-state index in [2.05, 4.69) is 176 Å². The first-order chi connectivity index (χ1) is 26.1. The molecule has 0 unspecified atom stereocenters. The van der Waals surface area contributed by atoms with Crippen LogP contribution in [0, 0.1) is 6.92 Å². The number of fused-ring (bicyclic) bond motifs is 7. The van der Waals surface area contributed by atoms with Gasteiger partial charge in [0.25, 0.3) is 0 Å². The molecule has 0 radical (unpaired) electrons. The summed E-state index contributed by atoms with van der Waals surface area (Å²) in [4.78, 5) is 0. The normalized spacial score (nSPS) is 12.1. The average molecular weight is 679 g/mol. The van der Waals surface area contributed by atoms with Crippen molar-refractivity contribution in [3.8, 4) is 33.4 Å². The fraction of sp³-hybridized carbons (Fsp3) is 0.0196. The number of allylic oxidation sites excluding steroid dienone is 2. The molecule has 0 spiro atoms.